The van der Waals surface area contributed by atoms with Crippen molar-refractivity contribution in [1.29, 1.82) is 0 Å². The Bertz CT molecular complexity index is 645. The molecule has 1 N–H and O–H groups in total. The van der Waals surface area contributed by atoms with Crippen LogP contribution in [-0.4, -0.2) is 37.4 Å². The van der Waals surface area contributed by atoms with E-state index in [-0.39, 0.29) is 28.4 Å². The van der Waals surface area contributed by atoms with Crippen molar-refractivity contribution in [3.05, 3.63) is 28.0 Å². The fourth-order valence-electron chi connectivity index (χ4n) is 2.07. The molecule has 0 fully saturated rings. The largest absolute Gasteiger partial charge is 0.493 e. The van der Waals surface area contributed by atoms with E-state index in [2.05, 4.69) is 26.0 Å². The molecule has 0 unspecified atom stereocenters. The fourth-order valence-corrected chi connectivity index (χ4v) is 2.41. The van der Waals surface area contributed by atoms with Crippen LogP contribution in [0, 0.1) is 5.82 Å². The van der Waals surface area contributed by atoms with Crippen LogP contribution >= 0.6 is 15.9 Å². The van der Waals surface area contributed by atoms with E-state index in [4.69, 9.17) is 9.47 Å². The maximum Gasteiger partial charge on any atom is 0.407 e. The summed E-state index contributed by atoms with van der Waals surface area (Å²) in [5.74, 6) is -1.03. The zero-order valence-corrected chi connectivity index (χ0v) is 17.2. The maximum absolute atomic E-state index is 13.7. The number of hydrogen-bond donors (Lipinski definition) is 1. The molecule has 8 heteroatoms. The molecule has 1 atom stereocenters. The van der Waals surface area contributed by atoms with Crippen LogP contribution < -0.4 is 10.1 Å². The van der Waals surface area contributed by atoms with Gasteiger partial charge in [0.25, 0.3) is 0 Å². The van der Waals surface area contributed by atoms with Gasteiger partial charge in [-0.15, -0.1) is 0 Å². The molecule has 6 nitrogen and oxygen atoms in total. The molecule has 1 aromatic carbocycles. The third kappa shape index (κ3) is 7.59. The molecule has 0 aliphatic carbocycles. The molecule has 146 valence electrons. The van der Waals surface area contributed by atoms with E-state index in [1.165, 1.54) is 13.2 Å². The minimum absolute atomic E-state index is 0.116. The number of nitrogens with one attached hydrogen (secondary N) is 1. The van der Waals surface area contributed by atoms with Gasteiger partial charge in [0.1, 0.15) is 22.7 Å². The van der Waals surface area contributed by atoms with Gasteiger partial charge >= 0.3 is 12.1 Å². The average Bonchev–Trinajstić information content (AvgIpc) is 2.51. The first kappa shape index (κ1) is 22.2. The average molecular weight is 434 g/mol. The van der Waals surface area contributed by atoms with Gasteiger partial charge in [-0.1, -0.05) is 0 Å². The first-order valence-corrected chi connectivity index (χ1v) is 9.02. The minimum Gasteiger partial charge on any atom is -0.493 e. The Morgan fingerprint density at radius 3 is 2.54 bits per heavy atom. The van der Waals surface area contributed by atoms with Gasteiger partial charge in [0.15, 0.2) is 0 Å². The number of amides is 1. The van der Waals surface area contributed by atoms with Gasteiger partial charge in [-0.05, 0) is 62.5 Å². The fraction of sp³-hybridized carbons (Fsp3) is 0.556. The predicted octanol–water partition coefficient (Wildman–Crippen LogP) is 4.45. The summed E-state index contributed by atoms with van der Waals surface area (Å²) in [7, 11) is 1.24. The van der Waals surface area contributed by atoms with Crippen LogP contribution in [0.25, 0.3) is 0 Å². The normalized spacial score (nSPS) is 12.3. The molecule has 26 heavy (non-hydrogen) atoms. The molecule has 1 rings (SSSR count). The second kappa shape index (κ2) is 9.75. The second-order valence-corrected chi connectivity index (χ2v) is 7.65. The van der Waals surface area contributed by atoms with E-state index in [0.29, 0.717) is 12.8 Å². The lowest BCUT2D eigenvalue weighted by Crippen LogP contribution is -2.37. The van der Waals surface area contributed by atoms with Crippen molar-refractivity contribution >= 4 is 28.0 Å². The number of methoxy groups -OCH3 is 1. The lowest BCUT2D eigenvalue weighted by molar-refractivity contribution is 0.0503. The Morgan fingerprint density at radius 2 is 1.96 bits per heavy atom. The number of ether oxygens (including phenoxy) is 3. The van der Waals surface area contributed by atoms with E-state index in [9.17, 15) is 14.0 Å². The zero-order valence-electron chi connectivity index (χ0n) is 15.7. The van der Waals surface area contributed by atoms with Gasteiger partial charge in [0.2, 0.25) is 0 Å². The van der Waals surface area contributed by atoms with Crippen LogP contribution in [0.15, 0.2) is 16.6 Å². The van der Waals surface area contributed by atoms with Gasteiger partial charge in [-0.2, -0.15) is 0 Å². The summed E-state index contributed by atoms with van der Waals surface area (Å²) in [6.07, 6.45) is 0.745. The lowest BCUT2D eigenvalue weighted by Gasteiger charge is -2.22. The molecular weight excluding hydrogens is 409 g/mol. The van der Waals surface area contributed by atoms with Crippen molar-refractivity contribution in [1.82, 2.24) is 5.32 Å². The number of carbonyl (C=O) groups excluding carboxylic acids is 2. The van der Waals surface area contributed by atoms with E-state index >= 15 is 0 Å². The monoisotopic (exact) mass is 433 g/mol. The van der Waals surface area contributed by atoms with Crippen LogP contribution in [0.3, 0.4) is 0 Å². The molecule has 1 aromatic rings. The Morgan fingerprint density at radius 1 is 1.31 bits per heavy atom. The first-order chi connectivity index (χ1) is 12.0. The quantitative estimate of drug-likeness (QED) is 0.507. The Hall–Kier alpha value is -1.83. The highest BCUT2D eigenvalue weighted by molar-refractivity contribution is 9.10. The van der Waals surface area contributed by atoms with Crippen LogP contribution in [0.4, 0.5) is 9.18 Å². The molecule has 0 saturated carbocycles. The third-order valence-corrected chi connectivity index (χ3v) is 3.84. The number of alkyl carbamates (subject to hydrolysis) is 1. The van der Waals surface area contributed by atoms with Crippen molar-refractivity contribution in [3.8, 4) is 5.75 Å². The summed E-state index contributed by atoms with van der Waals surface area (Å²) in [4.78, 5) is 23.5. The van der Waals surface area contributed by atoms with E-state index in [0.717, 1.165) is 6.07 Å². The molecule has 0 aliphatic rings. The Kier molecular flexibility index (Phi) is 8.33. The van der Waals surface area contributed by atoms with E-state index in [1.807, 2.05) is 6.92 Å². The van der Waals surface area contributed by atoms with Crippen LogP contribution in [-0.2, 0) is 9.47 Å². The predicted molar refractivity (Wildman–Crippen MR) is 99.0 cm³/mol. The number of benzene rings is 1. The van der Waals surface area contributed by atoms with E-state index in [1.54, 1.807) is 20.8 Å². The highest BCUT2D eigenvalue weighted by Crippen LogP contribution is 2.27. The van der Waals surface area contributed by atoms with Gasteiger partial charge in [-0.3, -0.25) is 0 Å². The first-order valence-electron chi connectivity index (χ1n) is 8.23. The molecule has 0 heterocycles. The molecule has 0 aromatic heterocycles. The number of carbonyl (C=O) groups is 2. The summed E-state index contributed by atoms with van der Waals surface area (Å²) < 4.78 is 29.2. The lowest BCUT2D eigenvalue weighted by atomic mass is 10.2. The number of esters is 1. The Balaban J connectivity index is 2.52. The van der Waals surface area contributed by atoms with Gasteiger partial charge in [0.05, 0.1) is 18.2 Å². The molecule has 0 aliphatic heterocycles. The van der Waals surface area contributed by atoms with Crippen LogP contribution in [0.5, 0.6) is 5.75 Å². The number of rotatable bonds is 7. The van der Waals surface area contributed by atoms with Crippen LogP contribution in [0.1, 0.15) is 50.9 Å². The van der Waals surface area contributed by atoms with Crippen LogP contribution in [0.2, 0.25) is 0 Å². The molecule has 0 radical (unpaired) electrons. The van der Waals surface area contributed by atoms with Gasteiger partial charge < -0.3 is 19.5 Å². The standard InChI is InChI=1S/C18H25BrFNO5/c1-11(21-17(23)26-18(2,3)4)7-6-8-25-15-10-14(20)13(19)9-12(15)16(22)24-5/h9-11H,6-8H2,1-5H3,(H,21,23)/t11-/m1/s1. The summed E-state index contributed by atoms with van der Waals surface area (Å²) in [5.41, 5.74) is -0.413. The van der Waals surface area contributed by atoms with Crippen molar-refractivity contribution in [3.63, 3.8) is 0 Å². The smallest absolute Gasteiger partial charge is 0.407 e. The van der Waals surface area contributed by atoms with E-state index < -0.39 is 23.5 Å². The molecule has 0 spiro atoms. The topological polar surface area (TPSA) is 73.9 Å². The zero-order chi connectivity index (χ0) is 19.9. The summed E-state index contributed by atoms with van der Waals surface area (Å²) in [5, 5.41) is 2.73. The second-order valence-electron chi connectivity index (χ2n) is 6.79. The highest BCUT2D eigenvalue weighted by Gasteiger charge is 2.18. The van der Waals surface area contributed by atoms with Gasteiger partial charge in [-0.25, -0.2) is 14.0 Å². The van der Waals surface area contributed by atoms with Crippen molar-refractivity contribution in [2.75, 3.05) is 13.7 Å². The summed E-state index contributed by atoms with van der Waals surface area (Å²) in [6, 6.07) is 2.34. The molecule has 0 bridgehead atoms. The van der Waals surface area contributed by atoms with Gasteiger partial charge in [0, 0.05) is 12.1 Å². The van der Waals surface area contributed by atoms with Crippen molar-refractivity contribution in [2.24, 2.45) is 0 Å². The molecule has 0 saturated heterocycles. The number of hydrogen-bond acceptors (Lipinski definition) is 5. The maximum atomic E-state index is 13.7. The van der Waals surface area contributed by atoms with Crippen molar-refractivity contribution < 1.29 is 28.2 Å². The molecular formula is C18H25BrFNO5. The van der Waals surface area contributed by atoms with Crippen molar-refractivity contribution in [2.45, 2.75) is 52.2 Å². The minimum atomic E-state index is -0.610. The third-order valence-electron chi connectivity index (χ3n) is 3.23. The highest BCUT2D eigenvalue weighted by atomic mass is 79.9. The summed E-state index contributed by atoms with van der Waals surface area (Å²) >= 11 is 3.03. The molecule has 1 amide bonds. The SMILES string of the molecule is COC(=O)c1cc(Br)c(F)cc1OCCC[C@@H](C)NC(=O)OC(C)(C)C. The Labute approximate surface area is 161 Å². The summed E-state index contributed by atoms with van der Waals surface area (Å²) in [6.45, 7) is 7.48. The number of halogens is 2.